The van der Waals surface area contributed by atoms with Crippen LogP contribution in [0.2, 0.25) is 10.0 Å². The summed E-state index contributed by atoms with van der Waals surface area (Å²) in [4.78, 5) is 19.1. The molecule has 5 nitrogen and oxygen atoms in total. The van der Waals surface area contributed by atoms with E-state index in [1.54, 1.807) is 49.6 Å². The van der Waals surface area contributed by atoms with E-state index in [4.69, 9.17) is 27.9 Å². The number of carbonyl (C=O) groups excluding carboxylic acids is 1. The average Bonchev–Trinajstić information content (AvgIpc) is 3.01. The van der Waals surface area contributed by atoms with Crippen molar-refractivity contribution in [3.63, 3.8) is 0 Å². The average molecular weight is 410 g/mol. The molecule has 1 N–H and O–H groups in total. The maximum Gasteiger partial charge on any atom is 0.332 e. The van der Waals surface area contributed by atoms with Crippen LogP contribution in [0.3, 0.4) is 0 Å². The molecule has 136 valence electrons. The van der Waals surface area contributed by atoms with E-state index < -0.39 is 0 Å². The molecule has 0 saturated carbocycles. The van der Waals surface area contributed by atoms with Crippen LogP contribution in [0.4, 0.5) is 16.2 Å². The fraction of sp³-hybridized carbons (Fsp3) is 0.222. The van der Waals surface area contributed by atoms with E-state index in [0.717, 1.165) is 0 Å². The van der Waals surface area contributed by atoms with Crippen LogP contribution in [0.1, 0.15) is 6.92 Å². The number of hydrogen-bond donors (Lipinski definition) is 1. The van der Waals surface area contributed by atoms with Gasteiger partial charge >= 0.3 is 6.03 Å². The normalized spacial score (nSPS) is 16.2. The molecule has 1 atom stereocenters. The first-order valence-corrected chi connectivity index (χ1v) is 9.53. The first kappa shape index (κ1) is 18.9. The van der Waals surface area contributed by atoms with Gasteiger partial charge in [-0.15, -0.1) is 0 Å². The van der Waals surface area contributed by atoms with Crippen molar-refractivity contribution in [2.24, 2.45) is 4.99 Å². The van der Waals surface area contributed by atoms with Gasteiger partial charge in [-0.05, 0) is 36.4 Å². The lowest BCUT2D eigenvalue weighted by Gasteiger charge is -2.24. The molecule has 26 heavy (non-hydrogen) atoms. The predicted molar refractivity (Wildman–Crippen MR) is 110 cm³/mol. The summed E-state index contributed by atoms with van der Waals surface area (Å²) in [6, 6.07) is 11.7. The quantitative estimate of drug-likeness (QED) is 0.724. The number of halogens is 2. The summed E-state index contributed by atoms with van der Waals surface area (Å²) < 4.78 is 5.42. The smallest absolute Gasteiger partial charge is 0.332 e. The zero-order chi connectivity index (χ0) is 18.7. The van der Waals surface area contributed by atoms with Crippen molar-refractivity contribution in [3.8, 4) is 5.75 Å². The summed E-state index contributed by atoms with van der Waals surface area (Å²) in [6.45, 7) is 2.70. The van der Waals surface area contributed by atoms with E-state index in [2.05, 4.69) is 17.2 Å². The van der Waals surface area contributed by atoms with Gasteiger partial charge in [0.25, 0.3) is 0 Å². The lowest BCUT2D eigenvalue weighted by molar-refractivity contribution is 0.259. The summed E-state index contributed by atoms with van der Waals surface area (Å²) in [5.74, 6) is 0.526. The van der Waals surface area contributed by atoms with Gasteiger partial charge in [0.1, 0.15) is 5.75 Å². The topological polar surface area (TPSA) is 53.9 Å². The zero-order valence-electron chi connectivity index (χ0n) is 14.2. The van der Waals surface area contributed by atoms with E-state index in [9.17, 15) is 4.79 Å². The second kappa shape index (κ2) is 8.20. The summed E-state index contributed by atoms with van der Waals surface area (Å²) in [6.07, 6.45) is 0. The van der Waals surface area contributed by atoms with E-state index in [1.165, 1.54) is 16.7 Å². The largest absolute Gasteiger partial charge is 0.495 e. The lowest BCUT2D eigenvalue weighted by atomic mass is 10.2. The molecule has 8 heteroatoms. The molecule has 0 fully saturated rings. The van der Waals surface area contributed by atoms with Gasteiger partial charge < -0.3 is 10.1 Å². The number of hydrogen-bond acceptors (Lipinski definition) is 4. The highest BCUT2D eigenvalue weighted by atomic mass is 35.5. The Morgan fingerprint density at radius 1 is 1.27 bits per heavy atom. The number of aliphatic imine (C=N–C) groups is 1. The van der Waals surface area contributed by atoms with E-state index in [1.807, 2.05) is 0 Å². The number of anilines is 2. The Morgan fingerprint density at radius 2 is 2.04 bits per heavy atom. The Morgan fingerprint density at radius 3 is 2.69 bits per heavy atom. The van der Waals surface area contributed by atoms with E-state index >= 15 is 0 Å². The van der Waals surface area contributed by atoms with Gasteiger partial charge in [0.2, 0.25) is 0 Å². The van der Waals surface area contributed by atoms with Crippen LogP contribution in [0, 0.1) is 0 Å². The van der Waals surface area contributed by atoms with Crippen molar-refractivity contribution >= 4 is 57.5 Å². The molecule has 1 aliphatic heterocycles. The predicted octanol–water partition coefficient (Wildman–Crippen LogP) is 5.53. The number of amides is 2. The van der Waals surface area contributed by atoms with Gasteiger partial charge in [0.05, 0.1) is 19.3 Å². The third-order valence-corrected chi connectivity index (χ3v) is 5.19. The number of benzene rings is 2. The first-order valence-electron chi connectivity index (χ1n) is 7.89. The van der Waals surface area contributed by atoms with Crippen LogP contribution in [0.25, 0.3) is 0 Å². The van der Waals surface area contributed by atoms with Crippen LogP contribution in [0.5, 0.6) is 5.75 Å². The number of nitrogens with zero attached hydrogens (tertiary/aromatic N) is 2. The van der Waals surface area contributed by atoms with E-state index in [-0.39, 0.29) is 11.3 Å². The fourth-order valence-corrected chi connectivity index (χ4v) is 3.77. The van der Waals surface area contributed by atoms with Crippen molar-refractivity contribution in [3.05, 3.63) is 52.5 Å². The molecular weight excluding hydrogens is 393 g/mol. The first-order chi connectivity index (χ1) is 12.5. The molecular formula is C18H17Cl2N3O2S. The van der Waals surface area contributed by atoms with Crippen molar-refractivity contribution in [2.45, 2.75) is 12.2 Å². The molecule has 0 spiro atoms. The Hall–Kier alpha value is -1.89. The maximum atomic E-state index is 13.1. The Bertz CT molecular complexity index is 860. The molecule has 0 unspecified atom stereocenters. The monoisotopic (exact) mass is 409 g/mol. The highest BCUT2D eigenvalue weighted by Crippen LogP contribution is 2.36. The number of methoxy groups -OCH3 is 1. The Kier molecular flexibility index (Phi) is 5.96. The molecule has 2 amide bonds. The summed E-state index contributed by atoms with van der Waals surface area (Å²) in [7, 11) is 1.55. The molecule has 2 aromatic carbocycles. The minimum Gasteiger partial charge on any atom is -0.495 e. The Labute approximate surface area is 166 Å². The molecule has 2 aromatic rings. The lowest BCUT2D eigenvalue weighted by Crippen LogP contribution is -2.38. The Balaban J connectivity index is 1.99. The van der Waals surface area contributed by atoms with Gasteiger partial charge in [-0.25, -0.2) is 9.69 Å². The van der Waals surface area contributed by atoms with Crippen molar-refractivity contribution < 1.29 is 9.53 Å². The number of carbonyl (C=O) groups is 1. The van der Waals surface area contributed by atoms with E-state index in [0.29, 0.717) is 38.9 Å². The van der Waals surface area contributed by atoms with Crippen molar-refractivity contribution in [1.82, 2.24) is 0 Å². The minimum absolute atomic E-state index is 0.289. The molecule has 1 aliphatic rings. The zero-order valence-corrected chi connectivity index (χ0v) is 16.5. The molecule has 1 heterocycles. The second-order valence-corrected chi connectivity index (χ2v) is 7.92. The van der Waals surface area contributed by atoms with Gasteiger partial charge in [-0.3, -0.25) is 4.99 Å². The number of rotatable bonds is 3. The second-order valence-electron chi connectivity index (χ2n) is 5.64. The van der Waals surface area contributed by atoms with Crippen molar-refractivity contribution in [1.29, 1.82) is 0 Å². The molecule has 0 aromatic heterocycles. The molecule has 3 rings (SSSR count). The number of thioether (sulfide) groups is 1. The number of amidine groups is 1. The number of ether oxygens (including phenoxy) is 1. The molecule has 0 radical (unpaired) electrons. The van der Waals surface area contributed by atoms with Crippen LogP contribution in [0.15, 0.2) is 47.5 Å². The summed E-state index contributed by atoms with van der Waals surface area (Å²) >= 11 is 13.7. The van der Waals surface area contributed by atoms with Gasteiger partial charge in [0, 0.05) is 21.0 Å². The highest BCUT2D eigenvalue weighted by Gasteiger charge is 2.29. The highest BCUT2D eigenvalue weighted by molar-refractivity contribution is 8.15. The van der Waals surface area contributed by atoms with Gasteiger partial charge in [-0.2, -0.15) is 0 Å². The van der Waals surface area contributed by atoms with Gasteiger partial charge in [-0.1, -0.05) is 48.0 Å². The maximum absolute atomic E-state index is 13.1. The number of urea groups is 1. The molecule has 0 saturated heterocycles. The third kappa shape index (κ3) is 4.26. The molecule has 0 bridgehead atoms. The van der Waals surface area contributed by atoms with Crippen LogP contribution in [-0.4, -0.2) is 30.1 Å². The molecule has 0 aliphatic carbocycles. The summed E-state index contributed by atoms with van der Waals surface area (Å²) in [5, 5.41) is 4.77. The SMILES string of the molecule is COc1ccc(Cl)cc1N(C(=O)Nc1cccc(Cl)c1)C1=NC[C@@H](C)S1. The third-order valence-electron chi connectivity index (χ3n) is 3.64. The minimum atomic E-state index is -0.367. The van der Waals surface area contributed by atoms with Crippen LogP contribution in [-0.2, 0) is 0 Å². The van der Waals surface area contributed by atoms with Crippen molar-refractivity contribution in [2.75, 3.05) is 23.9 Å². The summed E-state index contributed by atoms with van der Waals surface area (Å²) in [5.41, 5.74) is 1.12. The fourth-order valence-electron chi connectivity index (χ4n) is 2.47. The number of nitrogens with one attached hydrogen (secondary N) is 1. The van der Waals surface area contributed by atoms with Crippen LogP contribution < -0.4 is 15.0 Å². The van der Waals surface area contributed by atoms with Crippen LogP contribution >= 0.6 is 35.0 Å². The standard InChI is InChI=1S/C18H17Cl2N3O2S/c1-11-10-21-18(26-11)23(15-9-13(20)6-7-16(15)25-2)17(24)22-14-5-3-4-12(19)8-14/h3-9,11H,10H2,1-2H3,(H,22,24)/t11-/m1/s1. The van der Waals surface area contributed by atoms with Gasteiger partial charge in [0.15, 0.2) is 5.17 Å².